The fraction of sp³-hybridized carbons (Fsp3) is 0. The van der Waals surface area contributed by atoms with Gasteiger partial charge in [0.25, 0.3) is 0 Å². The Morgan fingerprint density at radius 3 is 1.57 bits per heavy atom. The van der Waals surface area contributed by atoms with E-state index in [1.807, 2.05) is 0 Å². The summed E-state index contributed by atoms with van der Waals surface area (Å²) in [7, 11) is 0. The van der Waals surface area contributed by atoms with Gasteiger partial charge in [0, 0.05) is 0 Å². The van der Waals surface area contributed by atoms with Gasteiger partial charge in [0.15, 0.2) is 0 Å². The van der Waals surface area contributed by atoms with Crippen LogP contribution in [0.4, 0.5) is 0 Å². The van der Waals surface area contributed by atoms with E-state index in [9.17, 15) is 0 Å². The van der Waals surface area contributed by atoms with Gasteiger partial charge in [-0.3, -0.25) is 4.91 Å². The third-order valence-corrected chi connectivity index (χ3v) is 1.57. The molecule has 7 heavy (non-hydrogen) atoms. The van der Waals surface area contributed by atoms with Crippen molar-refractivity contribution in [2.75, 3.05) is 0 Å². The van der Waals surface area contributed by atoms with E-state index in [0.29, 0.717) is 0 Å². The zero-order valence-electron chi connectivity index (χ0n) is 3.18. The summed E-state index contributed by atoms with van der Waals surface area (Å²) in [6.45, 7) is 0. The van der Waals surface area contributed by atoms with Crippen LogP contribution in [0.25, 0.3) is 16.0 Å². The molecule has 0 bridgehead atoms. The van der Waals surface area contributed by atoms with Gasteiger partial charge < -0.3 is 11.1 Å². The molecule has 1 heterocycles. The molecular weight excluding hydrogens is 291 g/mol. The molecule has 0 aromatic heterocycles. The van der Waals surface area contributed by atoms with Gasteiger partial charge >= 0.3 is 35.6 Å². The second-order valence-corrected chi connectivity index (χ2v) is 2.81. The Morgan fingerprint density at radius 2 is 1.57 bits per heavy atom. The molecule has 0 fully saturated rings. The van der Waals surface area contributed by atoms with Crippen LogP contribution in [-0.2, 0) is 0 Å². The molecule has 34 valence electrons. The summed E-state index contributed by atoms with van der Waals surface area (Å²) in [5, 5.41) is 0. The summed E-state index contributed by atoms with van der Waals surface area (Å²) in [5.41, 5.74) is 13.5. The van der Waals surface area contributed by atoms with Gasteiger partial charge in [0.2, 0.25) is 0 Å². The van der Waals surface area contributed by atoms with Gasteiger partial charge in [0.1, 0.15) is 0 Å². The Kier molecular flexibility index (Phi) is 5.18. The van der Waals surface area contributed by atoms with Crippen molar-refractivity contribution in [2.24, 2.45) is 5.85 Å². The van der Waals surface area contributed by atoms with Gasteiger partial charge in [-0.15, -0.1) is 0 Å². The predicted molar refractivity (Wildman–Crippen MR) is 22.8 cm³/mol. The van der Waals surface area contributed by atoms with Crippen molar-refractivity contribution in [2.45, 2.75) is 0 Å². The molecule has 2 radical (unpaired) electrons. The van der Waals surface area contributed by atoms with Gasteiger partial charge in [-0.25, -0.2) is 0 Å². The number of nitrogens with zero attached hydrogens (tertiary/aromatic N) is 6. The summed E-state index contributed by atoms with van der Waals surface area (Å²) in [6, 6.07) is 0. The van der Waals surface area contributed by atoms with Crippen LogP contribution in [0.3, 0.4) is 0 Å². The maximum absolute atomic E-state index is 6.75. The molecule has 0 unspecified atom stereocenters. The van der Waals surface area contributed by atoms with Crippen molar-refractivity contribution in [3.63, 3.8) is 0 Å². The van der Waals surface area contributed by atoms with E-state index in [2.05, 4.69) is 10.8 Å². The Morgan fingerprint density at radius 1 is 1.43 bits per heavy atom. The van der Waals surface area contributed by atoms with E-state index in [1.165, 1.54) is 4.91 Å². The van der Waals surface area contributed by atoms with Gasteiger partial charge in [-0.05, 0) is 0 Å². The van der Waals surface area contributed by atoms with Crippen LogP contribution >= 0.6 is 0 Å². The number of hydrogen-bond acceptors (Lipinski definition) is 2. The van der Waals surface area contributed by atoms with Gasteiger partial charge in [0.05, 0.1) is 0 Å². The van der Waals surface area contributed by atoms with Crippen LogP contribution in [0, 0.1) is 0 Å². The normalized spacial score (nSPS) is 10.3. The van der Waals surface area contributed by atoms with E-state index in [-0.39, 0.29) is 0 Å². The third-order valence-electron chi connectivity index (χ3n) is 0.179. The van der Waals surface area contributed by atoms with Crippen LogP contribution in [0.1, 0.15) is 0 Å². The molecular formula is N6Pb. The quantitative estimate of drug-likeness (QED) is 0.267. The first-order valence-electron chi connectivity index (χ1n) is 1.25. The minimum atomic E-state index is -0.670. The first kappa shape index (κ1) is 6.54. The zero-order valence-corrected chi connectivity index (χ0v) is 7.07. The molecule has 1 rings (SSSR count). The monoisotopic (exact) mass is 292 g/mol. The van der Waals surface area contributed by atoms with Crippen LogP contribution in [0.5, 0.6) is 0 Å². The molecule has 0 spiro atoms. The minimum absolute atomic E-state index is 0.670. The zero-order chi connectivity index (χ0) is 5.54. The van der Waals surface area contributed by atoms with Crippen molar-refractivity contribution in [3.05, 3.63) is 16.0 Å². The maximum atomic E-state index is 6.75. The van der Waals surface area contributed by atoms with Crippen molar-refractivity contribution in [1.82, 2.24) is 4.91 Å². The predicted octanol–water partition coefficient (Wildman–Crippen LogP) is 0.372. The van der Waals surface area contributed by atoms with Crippen LogP contribution < -0.4 is 4.91 Å². The molecule has 0 aromatic rings. The molecule has 0 aromatic carbocycles. The molecule has 7 heteroatoms. The molecule has 0 aliphatic carbocycles. The topological polar surface area (TPSA) is 97.5 Å². The summed E-state index contributed by atoms with van der Waals surface area (Å²) < 4.78 is 7.14. The third kappa shape index (κ3) is 5.54. The summed E-state index contributed by atoms with van der Waals surface area (Å²) in [6.07, 6.45) is 0. The van der Waals surface area contributed by atoms with E-state index in [1.54, 1.807) is 0 Å². The fourth-order valence-electron chi connectivity index (χ4n) is 0.0447. The first-order valence-corrected chi connectivity index (χ1v) is 4.72. The van der Waals surface area contributed by atoms with Gasteiger partial charge in [-0.1, -0.05) is 0 Å². The van der Waals surface area contributed by atoms with E-state index in [0.717, 1.165) is 0 Å². The SMILES string of the molecule is [N-]=[N+]=[N-].[N]1=[N+]=[N][Pb]1. The van der Waals surface area contributed by atoms with E-state index in [4.69, 9.17) is 11.1 Å². The Bertz CT molecular complexity index is 115. The average molecular weight is 291 g/mol. The summed E-state index contributed by atoms with van der Waals surface area (Å²) in [5.74, 6) is 0. The molecule has 0 saturated heterocycles. The molecule has 0 saturated carbocycles. The van der Waals surface area contributed by atoms with Crippen LogP contribution in [0.15, 0.2) is 5.85 Å². The summed E-state index contributed by atoms with van der Waals surface area (Å²) >= 11 is -0.670. The fourth-order valence-corrected chi connectivity index (χ4v) is 0.392. The van der Waals surface area contributed by atoms with Crippen LogP contribution in [-0.4, -0.2) is 24.8 Å². The standard InChI is InChI=1S/2N3.Pb/c2*1-3-2;/q2*-1;+2. The van der Waals surface area contributed by atoms with E-state index >= 15 is 0 Å². The molecule has 1 aliphatic rings. The molecule has 1 aliphatic heterocycles. The summed E-state index contributed by atoms with van der Waals surface area (Å²) in [4.78, 5) is 4.75. The molecule has 0 amide bonds. The second-order valence-electron chi connectivity index (χ2n) is 0.479. The average Bonchev–Trinajstić information content (AvgIpc) is 1.27. The van der Waals surface area contributed by atoms with Crippen molar-refractivity contribution >= 4 is 24.8 Å². The Hall–Kier alpha value is -0.458. The molecule has 0 atom stereocenters. The van der Waals surface area contributed by atoms with Crippen molar-refractivity contribution < 1.29 is 0 Å². The van der Waals surface area contributed by atoms with E-state index < -0.39 is 24.8 Å². The van der Waals surface area contributed by atoms with Crippen LogP contribution in [0.2, 0.25) is 0 Å². The second kappa shape index (κ2) is 5.54. The number of hydrogen-bond donors (Lipinski definition) is 0. The Labute approximate surface area is 51.8 Å². The Balaban J connectivity index is 0.000000110. The van der Waals surface area contributed by atoms with Gasteiger partial charge in [-0.2, -0.15) is 0 Å². The van der Waals surface area contributed by atoms with Crippen molar-refractivity contribution in [3.8, 4) is 0 Å². The molecule has 0 N–H and O–H groups in total. The number of rotatable bonds is 0. The molecule has 6 nitrogen and oxygen atoms in total. The first-order chi connectivity index (χ1) is 3.41. The van der Waals surface area contributed by atoms with Crippen molar-refractivity contribution in [1.29, 1.82) is 0 Å².